The third-order valence-corrected chi connectivity index (χ3v) is 3.38. The molecule has 0 aliphatic heterocycles. The van der Waals surface area contributed by atoms with Crippen LogP contribution in [0, 0.1) is 12.3 Å². The first-order valence-corrected chi connectivity index (χ1v) is 6.72. The fourth-order valence-corrected chi connectivity index (χ4v) is 2.58. The van der Waals surface area contributed by atoms with Crippen molar-refractivity contribution in [1.29, 1.82) is 0 Å². The van der Waals surface area contributed by atoms with E-state index < -0.39 is 0 Å². The van der Waals surface area contributed by atoms with E-state index in [0.717, 1.165) is 12.0 Å². The first kappa shape index (κ1) is 14.2. The SMILES string of the molecule is Cc1cscc1C(=O)N[C@@H](CO)CC(C)(C)C. The smallest absolute Gasteiger partial charge is 0.252 e. The zero-order valence-corrected chi connectivity index (χ0v) is 11.7. The maximum atomic E-state index is 12.0. The average Bonchev–Trinajstić information content (AvgIpc) is 2.61. The Labute approximate surface area is 107 Å². The van der Waals surface area contributed by atoms with Gasteiger partial charge in [-0.3, -0.25) is 4.79 Å². The molecule has 0 aromatic carbocycles. The van der Waals surface area contributed by atoms with Crippen molar-refractivity contribution in [2.75, 3.05) is 6.61 Å². The maximum Gasteiger partial charge on any atom is 0.252 e. The molecule has 0 saturated heterocycles. The number of carbonyl (C=O) groups excluding carboxylic acids is 1. The summed E-state index contributed by atoms with van der Waals surface area (Å²) in [6, 6.07) is -0.179. The summed E-state index contributed by atoms with van der Waals surface area (Å²) in [5.41, 5.74) is 1.78. The van der Waals surface area contributed by atoms with Gasteiger partial charge in [-0.2, -0.15) is 11.3 Å². The van der Waals surface area contributed by atoms with Gasteiger partial charge in [-0.1, -0.05) is 20.8 Å². The first-order chi connectivity index (χ1) is 7.83. The van der Waals surface area contributed by atoms with Crippen LogP contribution >= 0.6 is 11.3 Å². The molecule has 17 heavy (non-hydrogen) atoms. The number of amides is 1. The third kappa shape index (κ3) is 4.48. The molecule has 1 aromatic heterocycles. The number of aliphatic hydroxyl groups is 1. The molecule has 96 valence electrons. The van der Waals surface area contributed by atoms with E-state index in [0.29, 0.717) is 5.56 Å². The molecule has 1 heterocycles. The number of nitrogens with one attached hydrogen (secondary N) is 1. The zero-order chi connectivity index (χ0) is 13.1. The molecule has 0 spiro atoms. The molecular formula is C13H21NO2S. The standard InChI is InChI=1S/C13H21NO2S/c1-9-7-17-8-11(9)12(16)14-10(6-15)5-13(2,3)4/h7-8,10,15H,5-6H2,1-4H3,(H,14,16)/t10-/m1/s1. The molecule has 0 unspecified atom stereocenters. The largest absolute Gasteiger partial charge is 0.394 e. The van der Waals surface area contributed by atoms with E-state index in [4.69, 9.17) is 0 Å². The van der Waals surface area contributed by atoms with E-state index in [2.05, 4.69) is 26.1 Å². The monoisotopic (exact) mass is 255 g/mol. The lowest BCUT2D eigenvalue weighted by atomic mass is 9.88. The van der Waals surface area contributed by atoms with Crippen LogP contribution in [0.3, 0.4) is 0 Å². The van der Waals surface area contributed by atoms with Crippen molar-refractivity contribution in [2.24, 2.45) is 5.41 Å². The Hall–Kier alpha value is -0.870. The predicted molar refractivity (Wildman–Crippen MR) is 71.5 cm³/mol. The van der Waals surface area contributed by atoms with E-state index >= 15 is 0 Å². The number of hydrogen-bond acceptors (Lipinski definition) is 3. The molecular weight excluding hydrogens is 234 g/mol. The number of aliphatic hydroxyl groups excluding tert-OH is 1. The fraction of sp³-hybridized carbons (Fsp3) is 0.615. The van der Waals surface area contributed by atoms with Gasteiger partial charge in [-0.15, -0.1) is 0 Å². The lowest BCUT2D eigenvalue weighted by molar-refractivity contribution is 0.0897. The zero-order valence-electron chi connectivity index (χ0n) is 10.9. The second-order valence-corrected chi connectivity index (χ2v) is 6.33. The second kappa shape index (κ2) is 5.65. The van der Waals surface area contributed by atoms with Crippen LogP contribution in [0.2, 0.25) is 0 Å². The summed E-state index contributed by atoms with van der Waals surface area (Å²) in [4.78, 5) is 12.0. The summed E-state index contributed by atoms with van der Waals surface area (Å²) in [5, 5.41) is 16.0. The van der Waals surface area contributed by atoms with Gasteiger partial charge in [-0.05, 0) is 29.7 Å². The van der Waals surface area contributed by atoms with E-state index in [-0.39, 0.29) is 24.0 Å². The van der Waals surface area contributed by atoms with Crippen molar-refractivity contribution in [3.63, 3.8) is 0 Å². The van der Waals surface area contributed by atoms with Gasteiger partial charge in [0.2, 0.25) is 0 Å². The number of thiophene rings is 1. The average molecular weight is 255 g/mol. The number of carbonyl (C=O) groups is 1. The lowest BCUT2D eigenvalue weighted by Crippen LogP contribution is -2.40. The minimum Gasteiger partial charge on any atom is -0.394 e. The molecule has 0 saturated carbocycles. The van der Waals surface area contributed by atoms with Crippen molar-refractivity contribution in [3.8, 4) is 0 Å². The van der Waals surface area contributed by atoms with Crippen LogP contribution in [-0.4, -0.2) is 23.7 Å². The maximum absolute atomic E-state index is 12.0. The van der Waals surface area contributed by atoms with Crippen molar-refractivity contribution >= 4 is 17.2 Å². The van der Waals surface area contributed by atoms with Crippen LogP contribution in [0.25, 0.3) is 0 Å². The Morgan fingerprint density at radius 1 is 1.47 bits per heavy atom. The van der Waals surface area contributed by atoms with Crippen LogP contribution in [0.5, 0.6) is 0 Å². The van der Waals surface area contributed by atoms with Gasteiger partial charge in [-0.25, -0.2) is 0 Å². The number of rotatable bonds is 4. The predicted octanol–water partition coefficient (Wildman–Crippen LogP) is 2.58. The molecule has 0 aliphatic rings. The molecule has 0 aliphatic carbocycles. The molecule has 1 rings (SSSR count). The fourth-order valence-electron chi connectivity index (χ4n) is 1.76. The molecule has 1 amide bonds. The van der Waals surface area contributed by atoms with Crippen LogP contribution < -0.4 is 5.32 Å². The van der Waals surface area contributed by atoms with E-state index in [1.54, 1.807) is 0 Å². The minimum absolute atomic E-state index is 0.0216. The Morgan fingerprint density at radius 3 is 2.53 bits per heavy atom. The highest BCUT2D eigenvalue weighted by Crippen LogP contribution is 2.21. The van der Waals surface area contributed by atoms with Crippen molar-refractivity contribution in [1.82, 2.24) is 5.32 Å². The normalized spacial score (nSPS) is 13.5. The highest BCUT2D eigenvalue weighted by atomic mass is 32.1. The molecule has 1 aromatic rings. The number of aryl methyl sites for hydroxylation is 1. The van der Waals surface area contributed by atoms with Gasteiger partial charge < -0.3 is 10.4 Å². The topological polar surface area (TPSA) is 49.3 Å². The van der Waals surface area contributed by atoms with Gasteiger partial charge in [0, 0.05) is 5.38 Å². The van der Waals surface area contributed by atoms with Gasteiger partial charge >= 0.3 is 0 Å². The van der Waals surface area contributed by atoms with E-state index in [1.807, 2.05) is 17.7 Å². The highest BCUT2D eigenvalue weighted by Gasteiger charge is 2.21. The molecule has 3 nitrogen and oxygen atoms in total. The molecule has 4 heteroatoms. The Morgan fingerprint density at radius 2 is 2.12 bits per heavy atom. The minimum atomic E-state index is -0.179. The Kier molecular flexibility index (Phi) is 4.71. The van der Waals surface area contributed by atoms with Gasteiger partial charge in [0.1, 0.15) is 0 Å². The number of hydrogen-bond donors (Lipinski definition) is 2. The van der Waals surface area contributed by atoms with Gasteiger partial charge in [0.15, 0.2) is 0 Å². The second-order valence-electron chi connectivity index (χ2n) is 5.59. The first-order valence-electron chi connectivity index (χ1n) is 5.78. The van der Waals surface area contributed by atoms with Crippen LogP contribution in [0.1, 0.15) is 43.1 Å². The highest BCUT2D eigenvalue weighted by molar-refractivity contribution is 7.08. The Bertz CT molecular complexity index is 379. The van der Waals surface area contributed by atoms with Crippen LogP contribution in [-0.2, 0) is 0 Å². The summed E-state index contributed by atoms with van der Waals surface area (Å²) in [6.45, 7) is 8.18. The molecule has 0 radical (unpaired) electrons. The molecule has 1 atom stereocenters. The van der Waals surface area contributed by atoms with Crippen molar-refractivity contribution in [3.05, 3.63) is 21.9 Å². The summed E-state index contributed by atoms with van der Waals surface area (Å²) >= 11 is 1.52. The summed E-state index contributed by atoms with van der Waals surface area (Å²) in [7, 11) is 0. The van der Waals surface area contributed by atoms with E-state index in [9.17, 15) is 9.90 Å². The summed E-state index contributed by atoms with van der Waals surface area (Å²) in [5.74, 6) is -0.0907. The van der Waals surface area contributed by atoms with Crippen LogP contribution in [0.4, 0.5) is 0 Å². The molecule has 0 bridgehead atoms. The quantitative estimate of drug-likeness (QED) is 0.868. The van der Waals surface area contributed by atoms with E-state index in [1.165, 1.54) is 11.3 Å². The van der Waals surface area contributed by atoms with Crippen LogP contribution in [0.15, 0.2) is 10.8 Å². The lowest BCUT2D eigenvalue weighted by Gasteiger charge is -2.25. The Balaban J connectivity index is 2.63. The third-order valence-electron chi connectivity index (χ3n) is 2.51. The summed E-state index contributed by atoms with van der Waals surface area (Å²) < 4.78 is 0. The van der Waals surface area contributed by atoms with Gasteiger partial charge in [0.25, 0.3) is 5.91 Å². The molecule has 2 N–H and O–H groups in total. The van der Waals surface area contributed by atoms with Gasteiger partial charge in [0.05, 0.1) is 18.2 Å². The molecule has 0 fully saturated rings. The van der Waals surface area contributed by atoms with Crippen molar-refractivity contribution in [2.45, 2.75) is 40.2 Å². The van der Waals surface area contributed by atoms with Crippen molar-refractivity contribution < 1.29 is 9.90 Å². The summed E-state index contributed by atoms with van der Waals surface area (Å²) in [6.07, 6.45) is 0.762.